The van der Waals surface area contributed by atoms with Crippen molar-refractivity contribution in [2.75, 3.05) is 5.32 Å². The van der Waals surface area contributed by atoms with Gasteiger partial charge in [-0.1, -0.05) is 0 Å². The smallest absolute Gasteiger partial charge is 0.321 e. The number of aromatic nitrogens is 3. The molecule has 2 heterocycles. The first-order valence-corrected chi connectivity index (χ1v) is 7.29. The van der Waals surface area contributed by atoms with E-state index >= 15 is 0 Å². The fourth-order valence-electron chi connectivity index (χ4n) is 2.43. The van der Waals surface area contributed by atoms with Crippen LogP contribution in [-0.2, 0) is 14.1 Å². The summed E-state index contributed by atoms with van der Waals surface area (Å²) in [5.41, 5.74) is 0.433. The van der Waals surface area contributed by atoms with Crippen LogP contribution in [0.15, 0.2) is 46.1 Å². The van der Waals surface area contributed by atoms with Crippen molar-refractivity contribution in [1.82, 2.24) is 14.1 Å². The van der Waals surface area contributed by atoms with Crippen molar-refractivity contribution in [3.63, 3.8) is 0 Å². The average molecular weight is 335 g/mol. The number of carbonyl (C=O) groups is 1. The SMILES string of the molecule is Cn1c(=O)c2cc(NC(=O)c3ccc(C#N)cc3)cnc2n(C)c1=O. The lowest BCUT2D eigenvalue weighted by Crippen LogP contribution is -2.37. The van der Waals surface area contributed by atoms with Crippen LogP contribution < -0.4 is 16.6 Å². The maximum Gasteiger partial charge on any atom is 0.332 e. The number of amides is 1. The molecule has 1 amide bonds. The number of nitrogens with one attached hydrogen (secondary N) is 1. The molecule has 1 N–H and O–H groups in total. The van der Waals surface area contributed by atoms with Crippen molar-refractivity contribution in [2.24, 2.45) is 14.1 Å². The summed E-state index contributed by atoms with van der Waals surface area (Å²) < 4.78 is 2.25. The van der Waals surface area contributed by atoms with E-state index in [1.165, 1.54) is 43.1 Å². The molecule has 0 spiro atoms. The summed E-state index contributed by atoms with van der Waals surface area (Å²) in [5, 5.41) is 11.7. The quantitative estimate of drug-likeness (QED) is 0.743. The van der Waals surface area contributed by atoms with E-state index in [0.29, 0.717) is 16.8 Å². The molecule has 0 saturated carbocycles. The van der Waals surface area contributed by atoms with E-state index in [0.717, 1.165) is 4.57 Å². The first kappa shape index (κ1) is 16.1. The van der Waals surface area contributed by atoms with E-state index in [9.17, 15) is 14.4 Å². The highest BCUT2D eigenvalue weighted by molar-refractivity contribution is 6.04. The van der Waals surface area contributed by atoms with E-state index in [-0.39, 0.29) is 11.0 Å². The molecular formula is C17H13N5O3. The molecule has 0 bridgehead atoms. The summed E-state index contributed by atoms with van der Waals surface area (Å²) in [5.74, 6) is -0.396. The molecule has 8 nitrogen and oxygen atoms in total. The number of hydrogen-bond donors (Lipinski definition) is 1. The molecule has 2 aromatic heterocycles. The van der Waals surface area contributed by atoms with Crippen LogP contribution in [0.3, 0.4) is 0 Å². The highest BCUT2D eigenvalue weighted by atomic mass is 16.2. The average Bonchev–Trinajstić information content (AvgIpc) is 2.64. The van der Waals surface area contributed by atoms with E-state index in [2.05, 4.69) is 10.3 Å². The van der Waals surface area contributed by atoms with Gasteiger partial charge in [0.05, 0.1) is 28.9 Å². The highest BCUT2D eigenvalue weighted by Gasteiger charge is 2.12. The Morgan fingerprint density at radius 2 is 1.84 bits per heavy atom. The van der Waals surface area contributed by atoms with Gasteiger partial charge in [0.25, 0.3) is 11.5 Å². The fraction of sp³-hybridized carbons (Fsp3) is 0.118. The normalized spacial score (nSPS) is 10.4. The monoisotopic (exact) mass is 335 g/mol. The second-order valence-corrected chi connectivity index (χ2v) is 5.44. The van der Waals surface area contributed by atoms with Crippen molar-refractivity contribution in [1.29, 1.82) is 5.26 Å². The van der Waals surface area contributed by atoms with Crippen LogP contribution in [0, 0.1) is 11.3 Å². The number of hydrogen-bond acceptors (Lipinski definition) is 5. The Hall–Kier alpha value is -3.73. The molecule has 0 aliphatic heterocycles. The topological polar surface area (TPSA) is 110 Å². The van der Waals surface area contributed by atoms with Crippen molar-refractivity contribution < 1.29 is 4.79 Å². The van der Waals surface area contributed by atoms with Crippen LogP contribution in [-0.4, -0.2) is 20.0 Å². The van der Waals surface area contributed by atoms with Crippen LogP contribution in [0.25, 0.3) is 11.0 Å². The number of nitrogens with zero attached hydrogens (tertiary/aromatic N) is 4. The maximum atomic E-state index is 12.3. The maximum absolute atomic E-state index is 12.3. The van der Waals surface area contributed by atoms with Gasteiger partial charge in [0.1, 0.15) is 5.65 Å². The molecule has 0 aliphatic rings. The van der Waals surface area contributed by atoms with Gasteiger partial charge in [-0.3, -0.25) is 18.7 Å². The zero-order valence-corrected chi connectivity index (χ0v) is 13.5. The van der Waals surface area contributed by atoms with Crippen LogP contribution >= 0.6 is 0 Å². The number of rotatable bonds is 2. The third-order valence-corrected chi connectivity index (χ3v) is 3.83. The van der Waals surface area contributed by atoms with Gasteiger partial charge in [-0.15, -0.1) is 0 Å². The standard InChI is InChI=1S/C17H13N5O3/c1-21-14-13(16(24)22(2)17(21)25)7-12(9-19-14)20-15(23)11-5-3-10(8-18)4-6-11/h3-7,9H,1-2H3,(H,20,23). The minimum absolute atomic E-state index is 0.224. The Labute approximate surface area is 141 Å². The molecule has 0 fully saturated rings. The molecule has 3 aromatic rings. The molecule has 25 heavy (non-hydrogen) atoms. The molecule has 0 radical (unpaired) electrons. The first-order chi connectivity index (χ1) is 11.9. The van der Waals surface area contributed by atoms with E-state index in [1.807, 2.05) is 6.07 Å². The van der Waals surface area contributed by atoms with Gasteiger partial charge in [0.2, 0.25) is 0 Å². The largest absolute Gasteiger partial charge is 0.332 e. The number of aryl methyl sites for hydroxylation is 1. The Kier molecular flexibility index (Phi) is 3.91. The predicted octanol–water partition coefficient (Wildman–Crippen LogP) is 0.756. The Morgan fingerprint density at radius 1 is 1.16 bits per heavy atom. The second kappa shape index (κ2) is 6.05. The van der Waals surface area contributed by atoms with Gasteiger partial charge in [-0.25, -0.2) is 9.78 Å². The molecule has 0 aliphatic carbocycles. The minimum atomic E-state index is -0.486. The molecule has 3 rings (SSSR count). The molecule has 0 unspecified atom stereocenters. The first-order valence-electron chi connectivity index (χ1n) is 7.29. The van der Waals surface area contributed by atoms with Crippen molar-refractivity contribution in [3.8, 4) is 6.07 Å². The number of pyridine rings is 1. The molecule has 1 aromatic carbocycles. The van der Waals surface area contributed by atoms with Crippen molar-refractivity contribution in [3.05, 3.63) is 68.5 Å². The van der Waals surface area contributed by atoms with Gasteiger partial charge in [0, 0.05) is 19.7 Å². The van der Waals surface area contributed by atoms with E-state index in [4.69, 9.17) is 5.26 Å². The zero-order valence-electron chi connectivity index (χ0n) is 13.5. The van der Waals surface area contributed by atoms with Gasteiger partial charge >= 0.3 is 5.69 Å². The predicted molar refractivity (Wildman–Crippen MR) is 91.3 cm³/mol. The Morgan fingerprint density at radius 3 is 2.48 bits per heavy atom. The summed E-state index contributed by atoms with van der Waals surface area (Å²) >= 11 is 0. The van der Waals surface area contributed by atoms with Gasteiger partial charge < -0.3 is 5.32 Å². The fourth-order valence-corrected chi connectivity index (χ4v) is 2.43. The second-order valence-electron chi connectivity index (χ2n) is 5.44. The summed E-state index contributed by atoms with van der Waals surface area (Å²) in [6, 6.07) is 9.60. The number of benzene rings is 1. The van der Waals surface area contributed by atoms with E-state index < -0.39 is 17.2 Å². The lowest BCUT2D eigenvalue weighted by atomic mass is 10.1. The van der Waals surface area contributed by atoms with Crippen molar-refractivity contribution in [2.45, 2.75) is 0 Å². The summed E-state index contributed by atoms with van der Waals surface area (Å²) in [6.07, 6.45) is 1.38. The molecule has 0 atom stereocenters. The molecular weight excluding hydrogens is 322 g/mol. The van der Waals surface area contributed by atoms with E-state index in [1.54, 1.807) is 12.1 Å². The summed E-state index contributed by atoms with van der Waals surface area (Å²) in [6.45, 7) is 0. The lowest BCUT2D eigenvalue weighted by Gasteiger charge is -2.09. The number of nitriles is 1. The summed E-state index contributed by atoms with van der Waals surface area (Å²) in [7, 11) is 2.90. The number of anilines is 1. The third kappa shape index (κ3) is 2.79. The van der Waals surface area contributed by atoms with Gasteiger partial charge in [-0.2, -0.15) is 5.26 Å². The molecule has 124 valence electrons. The summed E-state index contributed by atoms with van der Waals surface area (Å²) in [4.78, 5) is 40.5. The van der Waals surface area contributed by atoms with Crippen LogP contribution in [0.4, 0.5) is 5.69 Å². The van der Waals surface area contributed by atoms with Crippen LogP contribution in [0.5, 0.6) is 0 Å². The van der Waals surface area contributed by atoms with Crippen LogP contribution in [0.1, 0.15) is 15.9 Å². The van der Waals surface area contributed by atoms with Gasteiger partial charge in [-0.05, 0) is 30.3 Å². The lowest BCUT2D eigenvalue weighted by molar-refractivity contribution is 0.102. The Bertz CT molecular complexity index is 1150. The Balaban J connectivity index is 1.99. The molecule has 0 saturated heterocycles. The molecule has 8 heteroatoms. The third-order valence-electron chi connectivity index (χ3n) is 3.83. The number of fused-ring (bicyclic) bond motifs is 1. The zero-order chi connectivity index (χ0) is 18.1. The van der Waals surface area contributed by atoms with Gasteiger partial charge in [0.15, 0.2) is 0 Å². The van der Waals surface area contributed by atoms with Crippen molar-refractivity contribution >= 4 is 22.6 Å². The van der Waals surface area contributed by atoms with Crippen LogP contribution in [0.2, 0.25) is 0 Å². The minimum Gasteiger partial charge on any atom is -0.321 e. The highest BCUT2D eigenvalue weighted by Crippen LogP contribution is 2.13. The number of carbonyl (C=O) groups excluding carboxylic acids is 1.